The number of amides is 1. The number of imidazole rings is 1. The van der Waals surface area contributed by atoms with Gasteiger partial charge in [-0.2, -0.15) is 0 Å². The average molecular weight is 401 g/mol. The van der Waals surface area contributed by atoms with E-state index in [1.807, 2.05) is 30.3 Å². The van der Waals surface area contributed by atoms with E-state index in [1.54, 1.807) is 37.4 Å². The summed E-state index contributed by atoms with van der Waals surface area (Å²) in [6.45, 7) is 0. The van der Waals surface area contributed by atoms with Crippen LogP contribution in [0.3, 0.4) is 0 Å². The molecule has 0 spiro atoms. The molecule has 4 rings (SSSR count). The first kappa shape index (κ1) is 19.1. The number of nitrogens with one attached hydrogen (secondary N) is 2. The topological polar surface area (TPSA) is 102 Å². The molecule has 0 bridgehead atoms. The average Bonchev–Trinajstić information content (AvgIpc) is 3.22. The number of hydrogen-bond donors (Lipinski definition) is 2. The van der Waals surface area contributed by atoms with Gasteiger partial charge in [0.1, 0.15) is 11.3 Å². The van der Waals surface area contributed by atoms with Crippen molar-refractivity contribution < 1.29 is 4.79 Å². The number of hydrogen-bond acceptors (Lipinski definition) is 4. The first-order valence-corrected chi connectivity index (χ1v) is 9.24. The Hall–Kier alpha value is -4.20. The largest absolute Gasteiger partial charge is 0.332 e. The predicted molar refractivity (Wildman–Crippen MR) is 116 cm³/mol. The highest BCUT2D eigenvalue weighted by atomic mass is 16.2. The quantitative estimate of drug-likeness (QED) is 0.512. The van der Waals surface area contributed by atoms with E-state index in [0.29, 0.717) is 17.1 Å². The van der Waals surface area contributed by atoms with E-state index in [2.05, 4.69) is 15.3 Å². The van der Waals surface area contributed by atoms with Gasteiger partial charge in [0, 0.05) is 31.4 Å². The summed E-state index contributed by atoms with van der Waals surface area (Å²) in [5.74, 6) is 0.163. The van der Waals surface area contributed by atoms with E-state index in [9.17, 15) is 14.4 Å². The lowest BCUT2D eigenvalue weighted by Crippen LogP contribution is -2.36. The molecule has 0 atom stereocenters. The predicted octanol–water partition coefficient (Wildman–Crippen LogP) is 2.28. The Labute approximate surface area is 171 Å². The summed E-state index contributed by atoms with van der Waals surface area (Å²) in [6.07, 6.45) is 3.19. The Morgan fingerprint density at radius 1 is 1.03 bits per heavy atom. The molecule has 8 heteroatoms. The van der Waals surface area contributed by atoms with Gasteiger partial charge in [-0.15, -0.1) is 0 Å². The summed E-state index contributed by atoms with van der Waals surface area (Å²) in [6, 6.07) is 16.6. The lowest BCUT2D eigenvalue weighted by Gasteiger charge is -2.04. The minimum absolute atomic E-state index is 0.245. The van der Waals surface area contributed by atoms with Crippen LogP contribution in [-0.2, 0) is 18.9 Å². The van der Waals surface area contributed by atoms with Crippen LogP contribution in [0.2, 0.25) is 0 Å². The van der Waals surface area contributed by atoms with Gasteiger partial charge in [0.2, 0.25) is 5.91 Å². The summed E-state index contributed by atoms with van der Waals surface area (Å²) in [5.41, 5.74) is 1.81. The molecule has 0 saturated carbocycles. The molecule has 8 nitrogen and oxygen atoms in total. The van der Waals surface area contributed by atoms with Crippen molar-refractivity contribution in [1.82, 2.24) is 19.1 Å². The SMILES string of the molecule is Cn1c(=O)c2[nH]c(-c3cccc(NC(=O)/C=C/c4ccccc4)c3)nc2n(C)c1=O. The fourth-order valence-corrected chi connectivity index (χ4v) is 3.13. The van der Waals surface area contributed by atoms with E-state index in [1.165, 1.54) is 17.7 Å². The third-order valence-electron chi connectivity index (χ3n) is 4.73. The first-order chi connectivity index (χ1) is 14.4. The Morgan fingerprint density at radius 2 is 1.80 bits per heavy atom. The fourth-order valence-electron chi connectivity index (χ4n) is 3.13. The standard InChI is InChI=1S/C22H19N5O3/c1-26-20-18(21(29)27(2)22(26)30)24-19(25-20)15-9-6-10-16(13-15)23-17(28)12-11-14-7-4-3-5-8-14/h3-13H,1-2H3,(H,23,28)(H,24,25)/b12-11+. The Balaban J connectivity index is 1.62. The molecule has 2 N–H and O–H groups in total. The number of aromatic nitrogens is 4. The van der Waals surface area contributed by atoms with Gasteiger partial charge < -0.3 is 10.3 Å². The lowest BCUT2D eigenvalue weighted by molar-refractivity contribution is -0.111. The number of nitrogens with zero attached hydrogens (tertiary/aromatic N) is 3. The van der Waals surface area contributed by atoms with Crippen LogP contribution in [0.25, 0.3) is 28.6 Å². The van der Waals surface area contributed by atoms with Crippen molar-refractivity contribution >= 4 is 28.8 Å². The fraction of sp³-hybridized carbons (Fsp3) is 0.0909. The van der Waals surface area contributed by atoms with Crippen molar-refractivity contribution in [1.29, 1.82) is 0 Å². The molecule has 2 heterocycles. The highest BCUT2D eigenvalue weighted by Gasteiger charge is 2.14. The van der Waals surface area contributed by atoms with Crippen molar-refractivity contribution in [2.75, 3.05) is 5.32 Å². The molecule has 2 aromatic heterocycles. The molecule has 0 saturated heterocycles. The molecule has 1 amide bonds. The van der Waals surface area contributed by atoms with Crippen LogP contribution in [0.4, 0.5) is 5.69 Å². The van der Waals surface area contributed by atoms with Crippen LogP contribution in [0.15, 0.2) is 70.3 Å². The Morgan fingerprint density at radius 3 is 2.57 bits per heavy atom. The maximum atomic E-state index is 12.4. The molecule has 0 radical (unpaired) electrons. The third kappa shape index (κ3) is 3.58. The molecule has 0 aliphatic rings. The highest BCUT2D eigenvalue weighted by molar-refractivity contribution is 6.02. The molecule has 0 aliphatic carbocycles. The molecule has 30 heavy (non-hydrogen) atoms. The zero-order chi connectivity index (χ0) is 21.3. The number of carbonyl (C=O) groups excluding carboxylic acids is 1. The van der Waals surface area contributed by atoms with E-state index in [4.69, 9.17) is 0 Å². The van der Waals surface area contributed by atoms with Gasteiger partial charge in [0.15, 0.2) is 5.65 Å². The molecular weight excluding hydrogens is 382 g/mol. The maximum absolute atomic E-state index is 12.4. The molecule has 4 aromatic rings. The smallest absolute Gasteiger partial charge is 0.332 e. The van der Waals surface area contributed by atoms with Crippen molar-refractivity contribution in [2.45, 2.75) is 0 Å². The number of carbonyl (C=O) groups is 1. The summed E-state index contributed by atoms with van der Waals surface area (Å²) in [7, 11) is 2.98. The zero-order valence-corrected chi connectivity index (χ0v) is 16.4. The van der Waals surface area contributed by atoms with Crippen LogP contribution in [0, 0.1) is 0 Å². The van der Waals surface area contributed by atoms with Crippen LogP contribution in [0.1, 0.15) is 5.56 Å². The number of aromatic amines is 1. The van der Waals surface area contributed by atoms with Crippen LogP contribution in [0.5, 0.6) is 0 Å². The third-order valence-corrected chi connectivity index (χ3v) is 4.73. The van der Waals surface area contributed by atoms with Gasteiger partial charge in [-0.25, -0.2) is 9.78 Å². The molecule has 0 fully saturated rings. The molecule has 2 aromatic carbocycles. The van der Waals surface area contributed by atoms with Crippen LogP contribution in [-0.4, -0.2) is 25.0 Å². The Kier molecular flexibility index (Phi) is 4.89. The van der Waals surface area contributed by atoms with Crippen molar-refractivity contribution in [3.63, 3.8) is 0 Å². The number of benzene rings is 2. The molecule has 0 unspecified atom stereocenters. The lowest BCUT2D eigenvalue weighted by atomic mass is 10.2. The maximum Gasteiger partial charge on any atom is 0.332 e. The molecular formula is C22H19N5O3. The molecule has 150 valence electrons. The van der Waals surface area contributed by atoms with Crippen LogP contribution < -0.4 is 16.6 Å². The van der Waals surface area contributed by atoms with Gasteiger partial charge in [-0.05, 0) is 23.8 Å². The van der Waals surface area contributed by atoms with Gasteiger partial charge in [-0.1, -0.05) is 42.5 Å². The number of H-pyrrole nitrogens is 1. The van der Waals surface area contributed by atoms with Crippen molar-refractivity contribution in [3.8, 4) is 11.4 Å². The van der Waals surface area contributed by atoms with Gasteiger partial charge in [-0.3, -0.25) is 18.7 Å². The summed E-state index contributed by atoms with van der Waals surface area (Å²) in [5, 5.41) is 2.81. The minimum Gasteiger partial charge on any atom is -0.332 e. The van der Waals surface area contributed by atoms with Gasteiger partial charge in [0.05, 0.1) is 0 Å². The number of fused-ring (bicyclic) bond motifs is 1. The van der Waals surface area contributed by atoms with E-state index in [-0.39, 0.29) is 17.1 Å². The highest BCUT2D eigenvalue weighted by Crippen LogP contribution is 2.21. The van der Waals surface area contributed by atoms with Gasteiger partial charge >= 0.3 is 5.69 Å². The minimum atomic E-state index is -0.447. The van der Waals surface area contributed by atoms with Gasteiger partial charge in [0.25, 0.3) is 5.56 Å². The van der Waals surface area contributed by atoms with E-state index in [0.717, 1.165) is 10.1 Å². The van der Waals surface area contributed by atoms with Crippen LogP contribution >= 0.6 is 0 Å². The van der Waals surface area contributed by atoms with E-state index < -0.39 is 11.2 Å². The second kappa shape index (κ2) is 7.67. The summed E-state index contributed by atoms with van der Waals surface area (Å²) < 4.78 is 2.34. The normalized spacial score (nSPS) is 11.3. The monoisotopic (exact) mass is 401 g/mol. The molecule has 0 aliphatic heterocycles. The second-order valence-electron chi connectivity index (χ2n) is 6.80. The summed E-state index contributed by atoms with van der Waals surface area (Å²) in [4.78, 5) is 44.1. The summed E-state index contributed by atoms with van der Waals surface area (Å²) >= 11 is 0. The number of anilines is 1. The van der Waals surface area contributed by atoms with E-state index >= 15 is 0 Å². The zero-order valence-electron chi connectivity index (χ0n) is 16.4. The van der Waals surface area contributed by atoms with Crippen molar-refractivity contribution in [3.05, 3.63) is 87.1 Å². The first-order valence-electron chi connectivity index (χ1n) is 9.24. The van der Waals surface area contributed by atoms with Crippen molar-refractivity contribution in [2.24, 2.45) is 14.1 Å². The Bertz CT molecular complexity index is 1390. The number of aryl methyl sites for hydroxylation is 1. The second-order valence-corrected chi connectivity index (χ2v) is 6.80. The number of rotatable bonds is 4.